The van der Waals surface area contributed by atoms with Crippen LogP contribution in [0.15, 0.2) is 46.3 Å². The van der Waals surface area contributed by atoms with Gasteiger partial charge in [0.15, 0.2) is 10.9 Å². The molecule has 2 aliphatic rings. The molecule has 0 aliphatic carbocycles. The van der Waals surface area contributed by atoms with Crippen molar-refractivity contribution in [2.24, 2.45) is 7.05 Å². The van der Waals surface area contributed by atoms with Gasteiger partial charge in [0, 0.05) is 38.8 Å². The van der Waals surface area contributed by atoms with E-state index in [2.05, 4.69) is 15.1 Å². The molecule has 29 heavy (non-hydrogen) atoms. The van der Waals surface area contributed by atoms with E-state index in [1.165, 1.54) is 16.8 Å². The third kappa shape index (κ3) is 3.12. The molecule has 0 bridgehead atoms. The maximum atomic E-state index is 13.5. The molecule has 0 N–H and O–H groups in total. The Morgan fingerprint density at radius 2 is 1.97 bits per heavy atom. The van der Waals surface area contributed by atoms with Crippen LogP contribution in [0.4, 0.5) is 5.69 Å². The van der Waals surface area contributed by atoms with Crippen LogP contribution in [-0.4, -0.2) is 41.3 Å². The van der Waals surface area contributed by atoms with Crippen LogP contribution in [0.3, 0.4) is 0 Å². The number of nitrogens with zero attached hydrogens (tertiary/aromatic N) is 5. The van der Waals surface area contributed by atoms with Gasteiger partial charge in [0.1, 0.15) is 6.04 Å². The summed E-state index contributed by atoms with van der Waals surface area (Å²) in [6.45, 7) is 1.33. The van der Waals surface area contributed by atoms with Crippen LogP contribution in [0, 0.1) is 0 Å². The minimum Gasteiger partial charge on any atom is -0.381 e. The van der Waals surface area contributed by atoms with Gasteiger partial charge < -0.3 is 13.8 Å². The van der Waals surface area contributed by atoms with Crippen molar-refractivity contribution in [3.8, 4) is 0 Å². The van der Waals surface area contributed by atoms with E-state index in [9.17, 15) is 8.42 Å². The minimum absolute atomic E-state index is 0.00477. The number of benzene rings is 1. The summed E-state index contributed by atoms with van der Waals surface area (Å²) < 4.78 is 40.8. The average Bonchev–Trinajstić information content (AvgIpc) is 3.46. The van der Waals surface area contributed by atoms with Crippen molar-refractivity contribution < 1.29 is 17.7 Å². The summed E-state index contributed by atoms with van der Waals surface area (Å²) >= 11 is 0. The zero-order chi connectivity index (χ0) is 20.0. The molecule has 0 saturated carbocycles. The zero-order valence-electron chi connectivity index (χ0n) is 15.9. The molecule has 0 spiro atoms. The smallest absolute Gasteiger partial charge is 0.284 e. The first-order valence-electron chi connectivity index (χ1n) is 9.55. The summed E-state index contributed by atoms with van der Waals surface area (Å²) in [5, 5.41) is 4.16. The van der Waals surface area contributed by atoms with Crippen molar-refractivity contribution in [1.29, 1.82) is 0 Å². The topological polar surface area (TPSA) is 103 Å². The molecule has 0 radical (unpaired) electrons. The predicted octanol–water partition coefficient (Wildman–Crippen LogP) is 2.19. The SMILES string of the molecule is Cn1cnc(S(=O)(=O)N2c3ccccc3CC2c2noc(C3CCOCC3)n2)c1. The molecular weight excluding hydrogens is 394 g/mol. The highest BCUT2D eigenvalue weighted by Gasteiger charge is 2.42. The number of para-hydroxylation sites is 1. The fraction of sp³-hybridized carbons (Fsp3) is 0.421. The number of rotatable bonds is 4. The number of aromatic nitrogens is 4. The quantitative estimate of drug-likeness (QED) is 0.643. The maximum Gasteiger partial charge on any atom is 0.284 e. The molecule has 0 amide bonds. The summed E-state index contributed by atoms with van der Waals surface area (Å²) in [6.07, 6.45) is 5.10. The third-order valence-electron chi connectivity index (χ3n) is 5.46. The van der Waals surface area contributed by atoms with E-state index in [1.54, 1.807) is 17.7 Å². The van der Waals surface area contributed by atoms with Gasteiger partial charge in [-0.15, -0.1) is 0 Å². The van der Waals surface area contributed by atoms with Crippen LogP contribution >= 0.6 is 0 Å². The highest BCUT2D eigenvalue weighted by Crippen LogP contribution is 2.43. The molecule has 152 valence electrons. The van der Waals surface area contributed by atoms with Crippen molar-refractivity contribution in [3.63, 3.8) is 0 Å². The number of anilines is 1. The van der Waals surface area contributed by atoms with E-state index in [1.807, 2.05) is 18.2 Å². The lowest BCUT2D eigenvalue weighted by Gasteiger charge is -2.24. The van der Waals surface area contributed by atoms with E-state index in [-0.39, 0.29) is 10.9 Å². The minimum atomic E-state index is -3.88. The highest BCUT2D eigenvalue weighted by atomic mass is 32.2. The lowest BCUT2D eigenvalue weighted by Crippen LogP contribution is -2.33. The van der Waals surface area contributed by atoms with Crippen LogP contribution in [0.2, 0.25) is 0 Å². The van der Waals surface area contributed by atoms with Gasteiger partial charge in [-0.3, -0.25) is 4.31 Å². The summed E-state index contributed by atoms with van der Waals surface area (Å²) in [5.41, 5.74) is 1.55. The van der Waals surface area contributed by atoms with Crippen LogP contribution in [0.25, 0.3) is 0 Å². The van der Waals surface area contributed by atoms with E-state index in [0.29, 0.717) is 37.0 Å². The molecule has 1 fully saturated rings. The van der Waals surface area contributed by atoms with Crippen molar-refractivity contribution in [1.82, 2.24) is 19.7 Å². The van der Waals surface area contributed by atoms with Gasteiger partial charge in [0.25, 0.3) is 10.0 Å². The zero-order valence-corrected chi connectivity index (χ0v) is 16.7. The van der Waals surface area contributed by atoms with Crippen molar-refractivity contribution in [2.75, 3.05) is 17.5 Å². The molecule has 2 aromatic heterocycles. The first-order chi connectivity index (χ1) is 14.0. The second-order valence-corrected chi connectivity index (χ2v) is 9.17. The molecule has 5 rings (SSSR count). The summed E-state index contributed by atoms with van der Waals surface area (Å²) in [4.78, 5) is 8.66. The number of sulfonamides is 1. The lowest BCUT2D eigenvalue weighted by atomic mass is 10.0. The molecule has 1 aromatic carbocycles. The van der Waals surface area contributed by atoms with Gasteiger partial charge in [-0.2, -0.15) is 13.4 Å². The fourth-order valence-corrected chi connectivity index (χ4v) is 5.59. The van der Waals surface area contributed by atoms with Crippen molar-refractivity contribution in [3.05, 3.63) is 54.1 Å². The first kappa shape index (κ1) is 18.3. The Labute approximate surface area is 168 Å². The van der Waals surface area contributed by atoms with Gasteiger partial charge >= 0.3 is 0 Å². The summed E-state index contributed by atoms with van der Waals surface area (Å²) in [6, 6.07) is 6.88. The van der Waals surface area contributed by atoms with Crippen molar-refractivity contribution in [2.45, 2.75) is 36.2 Å². The first-order valence-corrected chi connectivity index (χ1v) is 11.0. The van der Waals surface area contributed by atoms with E-state index in [4.69, 9.17) is 9.26 Å². The molecule has 9 nitrogen and oxygen atoms in total. The molecule has 1 saturated heterocycles. The van der Waals surface area contributed by atoms with Crippen LogP contribution in [-0.2, 0) is 28.2 Å². The Hall–Kier alpha value is -2.72. The summed E-state index contributed by atoms with van der Waals surface area (Å²) in [5.74, 6) is 1.08. The Bertz CT molecular complexity index is 1130. The second-order valence-electron chi connectivity index (χ2n) is 7.40. The number of imidazole rings is 1. The normalized spacial score (nSPS) is 20.2. The van der Waals surface area contributed by atoms with E-state index in [0.717, 1.165) is 18.4 Å². The monoisotopic (exact) mass is 415 g/mol. The average molecular weight is 415 g/mol. The van der Waals surface area contributed by atoms with Crippen LogP contribution < -0.4 is 4.31 Å². The number of hydrogen-bond acceptors (Lipinski definition) is 7. The Balaban J connectivity index is 1.55. The number of aryl methyl sites for hydroxylation is 1. The van der Waals surface area contributed by atoms with Crippen LogP contribution in [0.5, 0.6) is 0 Å². The highest BCUT2D eigenvalue weighted by molar-refractivity contribution is 7.92. The second kappa shape index (κ2) is 6.96. The lowest BCUT2D eigenvalue weighted by molar-refractivity contribution is 0.0778. The largest absolute Gasteiger partial charge is 0.381 e. The predicted molar refractivity (Wildman–Crippen MR) is 103 cm³/mol. The molecule has 3 aromatic rings. The number of hydrogen-bond donors (Lipinski definition) is 0. The molecule has 2 aliphatic heterocycles. The maximum absolute atomic E-state index is 13.5. The van der Waals surface area contributed by atoms with Gasteiger partial charge in [-0.05, 0) is 24.5 Å². The van der Waals surface area contributed by atoms with Gasteiger partial charge in [-0.25, -0.2) is 4.98 Å². The third-order valence-corrected chi connectivity index (χ3v) is 7.16. The molecule has 1 unspecified atom stereocenters. The van der Waals surface area contributed by atoms with E-state index >= 15 is 0 Å². The van der Waals surface area contributed by atoms with Gasteiger partial charge in [-0.1, -0.05) is 23.4 Å². The molecule has 4 heterocycles. The fourth-order valence-electron chi connectivity index (χ4n) is 3.97. The molecule has 10 heteroatoms. The molecular formula is C19H21N5O4S. The standard InChI is InChI=1S/C19H21N5O4S/c1-23-11-17(20-12-23)29(25,26)24-15-5-3-2-4-14(15)10-16(24)18-21-19(28-22-18)13-6-8-27-9-7-13/h2-5,11-13,16H,6-10H2,1H3. The number of fused-ring (bicyclic) bond motifs is 1. The summed E-state index contributed by atoms with van der Waals surface area (Å²) in [7, 11) is -2.15. The number of ether oxygens (including phenoxy) is 1. The Kier molecular flexibility index (Phi) is 4.39. The molecule has 1 atom stereocenters. The van der Waals surface area contributed by atoms with Gasteiger partial charge in [0.05, 0.1) is 12.0 Å². The van der Waals surface area contributed by atoms with Crippen LogP contribution in [0.1, 0.15) is 42.1 Å². The van der Waals surface area contributed by atoms with E-state index < -0.39 is 16.1 Å². The Morgan fingerprint density at radius 3 is 2.72 bits per heavy atom. The Morgan fingerprint density at radius 1 is 1.17 bits per heavy atom. The van der Waals surface area contributed by atoms with Gasteiger partial charge in [0.2, 0.25) is 5.89 Å². The van der Waals surface area contributed by atoms with Crippen molar-refractivity contribution >= 4 is 15.7 Å².